The van der Waals surface area contributed by atoms with E-state index in [1.165, 1.54) is 18.4 Å². The average Bonchev–Trinajstić information content (AvgIpc) is 3.10. The first-order valence-electron chi connectivity index (χ1n) is 6.24. The van der Waals surface area contributed by atoms with Gasteiger partial charge >= 0.3 is 0 Å². The van der Waals surface area contributed by atoms with Crippen LogP contribution in [0.1, 0.15) is 25.3 Å². The Morgan fingerprint density at radius 2 is 2.12 bits per heavy atom. The third-order valence-corrected chi connectivity index (χ3v) is 2.96. The highest BCUT2D eigenvalue weighted by Crippen LogP contribution is 2.33. The van der Waals surface area contributed by atoms with E-state index in [0.717, 1.165) is 30.4 Å². The monoisotopic (exact) mass is 235 g/mol. The second-order valence-electron chi connectivity index (χ2n) is 4.92. The number of ether oxygens (including phenoxy) is 2. The van der Waals surface area contributed by atoms with Gasteiger partial charge in [-0.3, -0.25) is 0 Å². The van der Waals surface area contributed by atoms with Crippen LogP contribution in [0.15, 0.2) is 18.2 Å². The molecule has 1 fully saturated rings. The van der Waals surface area contributed by atoms with Gasteiger partial charge in [-0.2, -0.15) is 0 Å². The maximum atomic E-state index is 5.79. The van der Waals surface area contributed by atoms with E-state index in [1.807, 2.05) is 19.1 Å². The molecule has 94 valence electrons. The molecule has 0 heterocycles. The van der Waals surface area contributed by atoms with E-state index in [-0.39, 0.29) is 6.04 Å². The third-order valence-electron chi connectivity index (χ3n) is 2.96. The summed E-state index contributed by atoms with van der Waals surface area (Å²) in [4.78, 5) is 0. The van der Waals surface area contributed by atoms with Crippen molar-refractivity contribution in [3.8, 4) is 11.5 Å². The van der Waals surface area contributed by atoms with Gasteiger partial charge in [-0.15, -0.1) is 0 Å². The maximum Gasteiger partial charge on any atom is 0.161 e. The molecule has 3 heteroatoms. The largest absolute Gasteiger partial charge is 0.493 e. The quantitative estimate of drug-likeness (QED) is 0.823. The van der Waals surface area contributed by atoms with Gasteiger partial charge < -0.3 is 15.2 Å². The van der Waals surface area contributed by atoms with Gasteiger partial charge in [-0.1, -0.05) is 6.07 Å². The summed E-state index contributed by atoms with van der Waals surface area (Å²) < 4.78 is 11.1. The molecular weight excluding hydrogens is 214 g/mol. The average molecular weight is 235 g/mol. The molecule has 0 radical (unpaired) electrons. The number of hydrogen-bond acceptors (Lipinski definition) is 3. The van der Waals surface area contributed by atoms with Gasteiger partial charge in [-0.25, -0.2) is 0 Å². The highest BCUT2D eigenvalue weighted by Gasteiger charge is 2.22. The van der Waals surface area contributed by atoms with Crippen LogP contribution in [0, 0.1) is 5.92 Å². The summed E-state index contributed by atoms with van der Waals surface area (Å²) in [5.41, 5.74) is 6.98. The molecule has 17 heavy (non-hydrogen) atoms. The Morgan fingerprint density at radius 1 is 1.35 bits per heavy atom. The molecule has 0 bridgehead atoms. The van der Waals surface area contributed by atoms with E-state index in [9.17, 15) is 0 Å². The fraction of sp³-hybridized carbons (Fsp3) is 0.571. The van der Waals surface area contributed by atoms with Gasteiger partial charge in [-0.05, 0) is 49.8 Å². The zero-order valence-corrected chi connectivity index (χ0v) is 10.6. The summed E-state index contributed by atoms with van der Waals surface area (Å²) in [6.45, 7) is 2.81. The van der Waals surface area contributed by atoms with Crippen LogP contribution in [0.4, 0.5) is 0 Å². The first kappa shape index (κ1) is 12.2. The third kappa shape index (κ3) is 3.63. The van der Waals surface area contributed by atoms with Crippen LogP contribution in [0.25, 0.3) is 0 Å². The normalized spacial score (nSPS) is 16.6. The minimum absolute atomic E-state index is 0.165. The van der Waals surface area contributed by atoms with E-state index in [4.69, 9.17) is 15.2 Å². The Morgan fingerprint density at radius 3 is 2.71 bits per heavy atom. The highest BCUT2D eigenvalue weighted by molar-refractivity contribution is 5.43. The van der Waals surface area contributed by atoms with Gasteiger partial charge in [0.05, 0.1) is 13.7 Å². The van der Waals surface area contributed by atoms with Gasteiger partial charge in [0.25, 0.3) is 0 Å². The van der Waals surface area contributed by atoms with Crippen molar-refractivity contribution in [2.75, 3.05) is 13.7 Å². The van der Waals surface area contributed by atoms with Crippen molar-refractivity contribution in [2.24, 2.45) is 11.7 Å². The smallest absolute Gasteiger partial charge is 0.161 e. The molecule has 0 saturated heterocycles. The molecule has 1 aromatic carbocycles. The van der Waals surface area contributed by atoms with Crippen LogP contribution in [0.5, 0.6) is 11.5 Å². The summed E-state index contributed by atoms with van der Waals surface area (Å²) >= 11 is 0. The fourth-order valence-electron chi connectivity index (χ4n) is 1.82. The van der Waals surface area contributed by atoms with Crippen molar-refractivity contribution in [3.63, 3.8) is 0 Å². The van der Waals surface area contributed by atoms with Gasteiger partial charge in [0.2, 0.25) is 0 Å². The zero-order chi connectivity index (χ0) is 12.3. The Bertz CT molecular complexity index is 372. The first-order chi connectivity index (χ1) is 8.19. The molecule has 0 aromatic heterocycles. The minimum Gasteiger partial charge on any atom is -0.493 e. The van der Waals surface area contributed by atoms with Crippen LogP contribution in [0.2, 0.25) is 0 Å². The van der Waals surface area contributed by atoms with Gasteiger partial charge in [0.15, 0.2) is 11.5 Å². The van der Waals surface area contributed by atoms with Crippen molar-refractivity contribution < 1.29 is 9.47 Å². The summed E-state index contributed by atoms with van der Waals surface area (Å²) in [5, 5.41) is 0. The molecule has 1 unspecified atom stereocenters. The molecule has 1 atom stereocenters. The molecule has 1 saturated carbocycles. The lowest BCUT2D eigenvalue weighted by Gasteiger charge is -2.12. The predicted molar refractivity (Wildman–Crippen MR) is 68.6 cm³/mol. The van der Waals surface area contributed by atoms with E-state index >= 15 is 0 Å². The standard InChI is InChI=1S/C14H21NO2/c1-10(15)7-12-5-6-13(14(8-12)16-2)17-9-11-3-4-11/h5-6,8,10-11H,3-4,7,9,15H2,1-2H3. The van der Waals surface area contributed by atoms with Gasteiger partial charge in [0.1, 0.15) is 0 Å². The van der Waals surface area contributed by atoms with Crippen molar-refractivity contribution >= 4 is 0 Å². The van der Waals surface area contributed by atoms with Crippen molar-refractivity contribution in [2.45, 2.75) is 32.2 Å². The van der Waals surface area contributed by atoms with E-state index in [2.05, 4.69) is 6.07 Å². The molecule has 0 aliphatic heterocycles. The molecule has 1 aromatic rings. The zero-order valence-electron chi connectivity index (χ0n) is 10.6. The molecule has 3 nitrogen and oxygen atoms in total. The molecule has 0 amide bonds. The molecule has 1 aliphatic rings. The maximum absolute atomic E-state index is 5.79. The van der Waals surface area contributed by atoms with E-state index in [1.54, 1.807) is 7.11 Å². The molecule has 1 aliphatic carbocycles. The number of methoxy groups -OCH3 is 1. The number of benzene rings is 1. The SMILES string of the molecule is COc1cc(CC(C)N)ccc1OCC1CC1. The summed E-state index contributed by atoms with van der Waals surface area (Å²) in [7, 11) is 1.68. The van der Waals surface area contributed by atoms with Crippen LogP contribution < -0.4 is 15.2 Å². The summed E-state index contributed by atoms with van der Waals surface area (Å²) in [5.74, 6) is 2.40. The fourth-order valence-corrected chi connectivity index (χ4v) is 1.82. The topological polar surface area (TPSA) is 44.5 Å². The van der Waals surface area contributed by atoms with Crippen molar-refractivity contribution in [1.82, 2.24) is 0 Å². The minimum atomic E-state index is 0.165. The highest BCUT2D eigenvalue weighted by atomic mass is 16.5. The van der Waals surface area contributed by atoms with Crippen molar-refractivity contribution in [3.05, 3.63) is 23.8 Å². The number of rotatable bonds is 6. The lowest BCUT2D eigenvalue weighted by atomic mass is 10.1. The Balaban J connectivity index is 2.03. The molecule has 0 spiro atoms. The van der Waals surface area contributed by atoms with Crippen molar-refractivity contribution in [1.29, 1.82) is 0 Å². The lowest BCUT2D eigenvalue weighted by Crippen LogP contribution is -2.17. The predicted octanol–water partition coefficient (Wildman–Crippen LogP) is 2.37. The Hall–Kier alpha value is -1.22. The van der Waals surface area contributed by atoms with Crippen LogP contribution >= 0.6 is 0 Å². The Kier molecular flexibility index (Phi) is 3.89. The Labute approximate surface area is 103 Å². The molecular formula is C14H21NO2. The number of hydrogen-bond donors (Lipinski definition) is 1. The lowest BCUT2D eigenvalue weighted by molar-refractivity contribution is 0.280. The van der Waals surface area contributed by atoms with Crippen LogP contribution in [-0.2, 0) is 6.42 Å². The van der Waals surface area contributed by atoms with Gasteiger partial charge in [0, 0.05) is 6.04 Å². The van der Waals surface area contributed by atoms with Crippen LogP contribution in [-0.4, -0.2) is 19.8 Å². The molecule has 2 N–H and O–H groups in total. The summed E-state index contributed by atoms with van der Waals surface area (Å²) in [6.07, 6.45) is 3.45. The van der Waals surface area contributed by atoms with E-state index in [0.29, 0.717) is 0 Å². The number of nitrogens with two attached hydrogens (primary N) is 1. The van der Waals surface area contributed by atoms with E-state index < -0.39 is 0 Å². The second-order valence-corrected chi connectivity index (χ2v) is 4.92. The van der Waals surface area contributed by atoms with Crippen LogP contribution in [0.3, 0.4) is 0 Å². The summed E-state index contributed by atoms with van der Waals surface area (Å²) in [6, 6.07) is 6.23. The first-order valence-corrected chi connectivity index (χ1v) is 6.24. The molecule has 2 rings (SSSR count). The second kappa shape index (κ2) is 5.41.